The van der Waals surface area contributed by atoms with Crippen LogP contribution < -0.4 is 16.0 Å². The molecular formula is C22H24N8O. The van der Waals surface area contributed by atoms with E-state index in [4.69, 9.17) is 4.98 Å². The van der Waals surface area contributed by atoms with Gasteiger partial charge in [-0.05, 0) is 42.8 Å². The zero-order chi connectivity index (χ0) is 21.4. The van der Waals surface area contributed by atoms with Gasteiger partial charge in [-0.25, -0.2) is 9.97 Å². The van der Waals surface area contributed by atoms with Crippen molar-refractivity contribution in [3.63, 3.8) is 0 Å². The molecule has 1 aliphatic heterocycles. The third kappa shape index (κ3) is 3.64. The normalized spacial score (nSPS) is 16.0. The van der Waals surface area contributed by atoms with Gasteiger partial charge in [0.2, 0.25) is 0 Å². The van der Waals surface area contributed by atoms with Gasteiger partial charge in [0.05, 0.1) is 17.2 Å². The first kappa shape index (κ1) is 19.3. The average Bonchev–Trinajstić information content (AvgIpc) is 3.53. The Kier molecular flexibility index (Phi) is 4.87. The lowest BCUT2D eigenvalue weighted by Gasteiger charge is -2.13. The van der Waals surface area contributed by atoms with Crippen molar-refractivity contribution in [1.29, 1.82) is 0 Å². The van der Waals surface area contributed by atoms with Gasteiger partial charge in [0.25, 0.3) is 5.91 Å². The van der Waals surface area contributed by atoms with E-state index in [1.54, 1.807) is 24.3 Å². The second-order valence-electron chi connectivity index (χ2n) is 7.70. The number of carbonyl (C=O) groups excluding carboxylic acids is 1. The van der Waals surface area contributed by atoms with Crippen LogP contribution in [0, 0.1) is 0 Å². The fraction of sp³-hybridized carbons (Fsp3) is 0.273. The number of imidazole rings is 1. The first-order valence-electron chi connectivity index (χ1n) is 10.3. The Morgan fingerprint density at radius 2 is 2.19 bits per heavy atom. The molecule has 5 rings (SSSR count). The van der Waals surface area contributed by atoms with Crippen molar-refractivity contribution in [3.05, 3.63) is 54.6 Å². The van der Waals surface area contributed by atoms with Gasteiger partial charge in [-0.1, -0.05) is 6.07 Å². The van der Waals surface area contributed by atoms with Crippen LogP contribution in [0.3, 0.4) is 0 Å². The van der Waals surface area contributed by atoms with Gasteiger partial charge in [0.1, 0.15) is 18.0 Å². The summed E-state index contributed by atoms with van der Waals surface area (Å²) < 4.78 is 3.67. The molecule has 3 aromatic heterocycles. The number of nitrogens with one attached hydrogen (secondary N) is 3. The minimum Gasteiger partial charge on any atom is -0.366 e. The topological polar surface area (TPSA) is 102 Å². The Labute approximate surface area is 179 Å². The van der Waals surface area contributed by atoms with Crippen LogP contribution in [0.5, 0.6) is 0 Å². The van der Waals surface area contributed by atoms with E-state index in [-0.39, 0.29) is 5.91 Å². The number of anilines is 1. The predicted molar refractivity (Wildman–Crippen MR) is 119 cm³/mol. The van der Waals surface area contributed by atoms with E-state index in [2.05, 4.69) is 26.0 Å². The number of pyridine rings is 1. The number of hydrogen-bond donors (Lipinski definition) is 3. The number of aromatic nitrogens is 5. The molecule has 1 amide bonds. The quantitative estimate of drug-likeness (QED) is 0.460. The van der Waals surface area contributed by atoms with Crippen molar-refractivity contribution in [2.24, 2.45) is 7.05 Å². The van der Waals surface area contributed by atoms with Crippen molar-refractivity contribution < 1.29 is 4.79 Å². The van der Waals surface area contributed by atoms with Gasteiger partial charge in [0, 0.05) is 44.0 Å². The number of nitrogens with zero attached hydrogens (tertiary/aromatic N) is 5. The molecule has 158 valence electrons. The van der Waals surface area contributed by atoms with E-state index >= 15 is 0 Å². The highest BCUT2D eigenvalue weighted by molar-refractivity contribution is 6.04. The molecule has 31 heavy (non-hydrogen) atoms. The molecule has 4 heterocycles. The Morgan fingerprint density at radius 3 is 2.94 bits per heavy atom. The maximum Gasteiger partial charge on any atom is 0.251 e. The van der Waals surface area contributed by atoms with E-state index in [1.165, 1.54) is 0 Å². The van der Waals surface area contributed by atoms with Crippen LogP contribution in [0.4, 0.5) is 5.82 Å². The first-order valence-corrected chi connectivity index (χ1v) is 10.3. The lowest BCUT2D eigenvalue weighted by molar-refractivity contribution is 0.0964. The third-order valence-corrected chi connectivity index (χ3v) is 5.57. The van der Waals surface area contributed by atoms with Crippen LogP contribution in [0.1, 0.15) is 16.8 Å². The molecule has 1 aliphatic rings. The van der Waals surface area contributed by atoms with E-state index in [1.807, 2.05) is 48.1 Å². The van der Waals surface area contributed by atoms with Crippen LogP contribution in [0.25, 0.3) is 28.0 Å². The SMILES string of the molecule is CNC(=O)c1cc2ncn(-c3cccc(NC4CCNC4)n3)c2cc1-c1cnn(C)c1. The molecule has 1 aromatic carbocycles. The van der Waals surface area contributed by atoms with E-state index in [0.717, 1.165) is 53.3 Å². The minimum absolute atomic E-state index is 0.162. The molecule has 0 bridgehead atoms. The highest BCUT2D eigenvalue weighted by Crippen LogP contribution is 2.29. The van der Waals surface area contributed by atoms with Crippen molar-refractivity contribution in [3.8, 4) is 16.9 Å². The molecule has 0 radical (unpaired) electrons. The van der Waals surface area contributed by atoms with Crippen molar-refractivity contribution in [1.82, 2.24) is 34.9 Å². The van der Waals surface area contributed by atoms with Crippen LogP contribution in [-0.2, 0) is 7.05 Å². The first-order chi connectivity index (χ1) is 15.1. The molecule has 1 saturated heterocycles. The minimum atomic E-state index is -0.162. The van der Waals surface area contributed by atoms with E-state index in [0.29, 0.717) is 11.6 Å². The molecular weight excluding hydrogens is 392 g/mol. The summed E-state index contributed by atoms with van der Waals surface area (Å²) in [5, 5.41) is 13.8. The van der Waals surface area contributed by atoms with Gasteiger partial charge in [-0.3, -0.25) is 14.0 Å². The lowest BCUT2D eigenvalue weighted by Crippen LogP contribution is -2.22. The zero-order valence-electron chi connectivity index (χ0n) is 17.5. The number of amides is 1. The van der Waals surface area contributed by atoms with Crippen molar-refractivity contribution in [2.75, 3.05) is 25.5 Å². The number of aryl methyl sites for hydroxylation is 1. The number of rotatable bonds is 5. The second kappa shape index (κ2) is 7.84. The molecule has 3 N–H and O–H groups in total. The van der Waals surface area contributed by atoms with E-state index in [9.17, 15) is 4.79 Å². The Bertz CT molecular complexity index is 1250. The summed E-state index contributed by atoms with van der Waals surface area (Å²) in [6.07, 6.45) is 6.48. The fourth-order valence-electron chi connectivity index (χ4n) is 3.98. The Morgan fingerprint density at radius 1 is 1.29 bits per heavy atom. The van der Waals surface area contributed by atoms with E-state index < -0.39 is 0 Å². The maximum absolute atomic E-state index is 12.5. The van der Waals surface area contributed by atoms with Gasteiger partial charge in [0.15, 0.2) is 0 Å². The van der Waals surface area contributed by atoms with Gasteiger partial charge < -0.3 is 16.0 Å². The monoisotopic (exact) mass is 416 g/mol. The number of hydrogen-bond acceptors (Lipinski definition) is 6. The summed E-state index contributed by atoms with van der Waals surface area (Å²) in [7, 11) is 3.48. The largest absolute Gasteiger partial charge is 0.366 e. The maximum atomic E-state index is 12.5. The smallest absolute Gasteiger partial charge is 0.251 e. The van der Waals surface area contributed by atoms with Crippen LogP contribution in [0.2, 0.25) is 0 Å². The molecule has 1 atom stereocenters. The molecule has 1 fully saturated rings. The average molecular weight is 416 g/mol. The Balaban J connectivity index is 1.60. The summed E-state index contributed by atoms with van der Waals surface area (Å²) in [6.45, 7) is 1.96. The highest BCUT2D eigenvalue weighted by atomic mass is 16.1. The number of benzene rings is 1. The zero-order valence-corrected chi connectivity index (χ0v) is 17.5. The second-order valence-corrected chi connectivity index (χ2v) is 7.70. The standard InChI is InChI=1S/C22H24N8O/c1-23-22(31)17-8-18-19(9-16(17)14-10-26-29(2)12-14)30(13-25-18)21-5-3-4-20(28-21)27-15-6-7-24-11-15/h3-5,8-10,12-13,15,24H,6-7,11H2,1-2H3,(H,23,31)(H,27,28). The number of fused-ring (bicyclic) bond motifs is 1. The highest BCUT2D eigenvalue weighted by Gasteiger charge is 2.18. The number of carbonyl (C=O) groups is 1. The van der Waals surface area contributed by atoms with Gasteiger partial charge in [-0.2, -0.15) is 5.10 Å². The molecule has 9 heteroatoms. The molecule has 0 aliphatic carbocycles. The fourth-order valence-corrected chi connectivity index (χ4v) is 3.98. The van der Waals surface area contributed by atoms with Crippen LogP contribution in [-0.4, -0.2) is 56.4 Å². The molecule has 0 spiro atoms. The molecule has 0 saturated carbocycles. The predicted octanol–water partition coefficient (Wildman–Crippen LogP) is 1.95. The lowest BCUT2D eigenvalue weighted by atomic mass is 10.0. The van der Waals surface area contributed by atoms with Gasteiger partial charge >= 0.3 is 0 Å². The summed E-state index contributed by atoms with van der Waals surface area (Å²) in [6, 6.07) is 10.1. The molecule has 1 unspecified atom stereocenters. The summed E-state index contributed by atoms with van der Waals surface area (Å²) >= 11 is 0. The molecule has 9 nitrogen and oxygen atoms in total. The van der Waals surface area contributed by atoms with Crippen molar-refractivity contribution in [2.45, 2.75) is 12.5 Å². The third-order valence-electron chi connectivity index (χ3n) is 5.57. The summed E-state index contributed by atoms with van der Waals surface area (Å²) in [5.41, 5.74) is 3.83. The summed E-state index contributed by atoms with van der Waals surface area (Å²) in [4.78, 5) is 21.9. The van der Waals surface area contributed by atoms with Crippen molar-refractivity contribution >= 4 is 22.8 Å². The molecule has 4 aromatic rings. The van der Waals surface area contributed by atoms with Gasteiger partial charge in [-0.15, -0.1) is 0 Å². The summed E-state index contributed by atoms with van der Waals surface area (Å²) in [5.74, 6) is 1.44. The van der Waals surface area contributed by atoms with Crippen LogP contribution in [0.15, 0.2) is 49.1 Å². The Hall–Kier alpha value is -3.72. The van der Waals surface area contributed by atoms with Crippen LogP contribution >= 0.6 is 0 Å².